The lowest BCUT2D eigenvalue weighted by molar-refractivity contribution is -0.121. The highest BCUT2D eigenvalue weighted by molar-refractivity contribution is 7.89. The van der Waals surface area contributed by atoms with E-state index in [-0.39, 0.29) is 19.5 Å². The van der Waals surface area contributed by atoms with Crippen LogP contribution in [0.25, 0.3) is 11.5 Å². The molecule has 0 spiro atoms. The van der Waals surface area contributed by atoms with E-state index in [1.54, 1.807) is 36.7 Å². The Kier molecular flexibility index (Phi) is 6.35. The highest BCUT2D eigenvalue weighted by Crippen LogP contribution is 2.18. The first-order valence-electron chi connectivity index (χ1n) is 8.56. The van der Waals surface area contributed by atoms with Gasteiger partial charge >= 0.3 is 0 Å². The summed E-state index contributed by atoms with van der Waals surface area (Å²) in [6, 6.07) is 9.79. The molecular formula is C19H17F2N3O4S. The maximum Gasteiger partial charge on any atom is 0.246 e. The summed E-state index contributed by atoms with van der Waals surface area (Å²) in [5.41, 5.74) is 1.39. The van der Waals surface area contributed by atoms with Crippen LogP contribution in [-0.2, 0) is 21.4 Å². The van der Waals surface area contributed by atoms with Crippen LogP contribution in [0.1, 0.15) is 12.0 Å². The van der Waals surface area contributed by atoms with E-state index in [2.05, 4.69) is 10.3 Å². The quantitative estimate of drug-likeness (QED) is 0.582. The Morgan fingerprint density at radius 3 is 2.45 bits per heavy atom. The third-order valence-electron chi connectivity index (χ3n) is 3.92. The minimum Gasteiger partial charge on any atom is -0.463 e. The molecule has 0 fully saturated rings. The Hall–Kier alpha value is -3.11. The fourth-order valence-corrected chi connectivity index (χ4v) is 3.66. The highest BCUT2D eigenvalue weighted by Gasteiger charge is 2.23. The van der Waals surface area contributed by atoms with E-state index in [9.17, 15) is 22.0 Å². The number of nitrogens with one attached hydrogen (secondary N) is 2. The van der Waals surface area contributed by atoms with Gasteiger partial charge in [0.1, 0.15) is 17.3 Å². The van der Waals surface area contributed by atoms with Gasteiger partial charge in [-0.2, -0.15) is 0 Å². The monoisotopic (exact) mass is 421 g/mol. The molecule has 1 aromatic carbocycles. The van der Waals surface area contributed by atoms with Crippen LogP contribution in [0, 0.1) is 11.6 Å². The molecule has 0 unspecified atom stereocenters. The number of nitrogens with zero attached hydrogens (tertiary/aromatic N) is 1. The van der Waals surface area contributed by atoms with Crippen molar-refractivity contribution >= 4 is 15.9 Å². The number of halogens is 2. The number of pyridine rings is 1. The number of aromatic nitrogens is 1. The van der Waals surface area contributed by atoms with Crippen LogP contribution in [0.5, 0.6) is 0 Å². The zero-order chi connectivity index (χ0) is 20.9. The molecule has 2 aromatic heterocycles. The van der Waals surface area contributed by atoms with E-state index in [1.165, 1.54) is 0 Å². The van der Waals surface area contributed by atoms with Gasteiger partial charge in [-0.05, 0) is 35.9 Å². The number of hydrogen-bond acceptors (Lipinski definition) is 5. The Labute approximate surface area is 165 Å². The molecule has 1 amide bonds. The lowest BCUT2D eigenvalue weighted by Crippen LogP contribution is -2.31. The normalized spacial score (nSPS) is 11.4. The van der Waals surface area contributed by atoms with Crippen LogP contribution < -0.4 is 10.0 Å². The highest BCUT2D eigenvalue weighted by atomic mass is 32.2. The molecule has 2 N–H and O–H groups in total. The number of sulfonamides is 1. The van der Waals surface area contributed by atoms with Crippen molar-refractivity contribution in [3.63, 3.8) is 0 Å². The summed E-state index contributed by atoms with van der Waals surface area (Å²) in [7, 11) is -4.41. The summed E-state index contributed by atoms with van der Waals surface area (Å²) >= 11 is 0. The van der Waals surface area contributed by atoms with Crippen LogP contribution in [0.2, 0.25) is 0 Å². The van der Waals surface area contributed by atoms with Crippen LogP contribution in [0.15, 0.2) is 64.2 Å². The molecule has 0 aliphatic heterocycles. The first kappa shape index (κ1) is 20.6. The van der Waals surface area contributed by atoms with E-state index < -0.39 is 32.5 Å². The summed E-state index contributed by atoms with van der Waals surface area (Å²) in [5, 5.41) is 2.62. The fourth-order valence-electron chi connectivity index (χ4n) is 2.50. The SMILES string of the molecule is O=C(CCNS(=O)(=O)c1c(F)cccc1F)NCc1ccc(-c2ccco2)nc1. The van der Waals surface area contributed by atoms with Crippen LogP contribution in [-0.4, -0.2) is 25.9 Å². The molecule has 0 radical (unpaired) electrons. The summed E-state index contributed by atoms with van der Waals surface area (Å²) < 4.78 is 58.5. The summed E-state index contributed by atoms with van der Waals surface area (Å²) in [6.07, 6.45) is 2.93. The van der Waals surface area contributed by atoms with Gasteiger partial charge in [0.05, 0.1) is 6.26 Å². The first-order chi connectivity index (χ1) is 13.9. The molecule has 0 saturated carbocycles. The maximum absolute atomic E-state index is 13.6. The summed E-state index contributed by atoms with van der Waals surface area (Å²) in [5.74, 6) is -2.21. The van der Waals surface area contributed by atoms with Crippen LogP contribution >= 0.6 is 0 Å². The third-order valence-corrected chi connectivity index (χ3v) is 5.43. The van der Waals surface area contributed by atoms with Gasteiger partial charge in [0.2, 0.25) is 15.9 Å². The molecule has 0 aliphatic rings. The van der Waals surface area contributed by atoms with Crippen molar-refractivity contribution in [3.05, 3.63) is 72.1 Å². The van der Waals surface area contributed by atoms with E-state index in [0.29, 0.717) is 11.5 Å². The van der Waals surface area contributed by atoms with Gasteiger partial charge in [0.15, 0.2) is 10.7 Å². The molecular weight excluding hydrogens is 404 g/mol. The first-order valence-corrected chi connectivity index (χ1v) is 10.0. The average Bonchev–Trinajstić information content (AvgIpc) is 3.21. The lowest BCUT2D eigenvalue weighted by Gasteiger charge is -2.09. The van der Waals surface area contributed by atoms with Gasteiger partial charge in [-0.25, -0.2) is 21.9 Å². The zero-order valence-electron chi connectivity index (χ0n) is 15.1. The van der Waals surface area contributed by atoms with Crippen molar-refractivity contribution in [2.24, 2.45) is 0 Å². The Morgan fingerprint density at radius 2 is 1.83 bits per heavy atom. The van der Waals surface area contributed by atoms with Gasteiger partial charge in [-0.15, -0.1) is 0 Å². The summed E-state index contributed by atoms with van der Waals surface area (Å²) in [4.78, 5) is 15.1. The van der Waals surface area contributed by atoms with Gasteiger partial charge in [-0.1, -0.05) is 12.1 Å². The molecule has 29 heavy (non-hydrogen) atoms. The van der Waals surface area contributed by atoms with Gasteiger partial charge in [-0.3, -0.25) is 9.78 Å². The number of carbonyl (C=O) groups excluding carboxylic acids is 1. The number of furan rings is 1. The number of rotatable bonds is 8. The van der Waals surface area contributed by atoms with Crippen molar-refractivity contribution in [1.82, 2.24) is 15.0 Å². The molecule has 3 rings (SSSR count). The second-order valence-electron chi connectivity index (χ2n) is 6.00. The van der Waals surface area contributed by atoms with E-state index in [1.807, 2.05) is 4.72 Å². The molecule has 3 aromatic rings. The molecule has 7 nitrogen and oxygen atoms in total. The number of carbonyl (C=O) groups is 1. The number of hydrogen-bond donors (Lipinski definition) is 2. The van der Waals surface area contributed by atoms with Gasteiger partial charge in [0.25, 0.3) is 0 Å². The molecule has 0 saturated heterocycles. The average molecular weight is 421 g/mol. The second kappa shape index (κ2) is 8.93. The molecule has 2 heterocycles. The molecule has 0 atom stereocenters. The van der Waals surface area contributed by atoms with Crippen LogP contribution in [0.3, 0.4) is 0 Å². The standard InChI is InChI=1S/C19H17F2N3O4S/c20-14-3-1-4-15(21)19(14)29(26,27)24-9-8-18(25)23-12-13-6-7-16(22-11-13)17-5-2-10-28-17/h1-7,10-11,24H,8-9,12H2,(H,23,25). The van der Waals surface area contributed by atoms with E-state index in [0.717, 1.165) is 23.8 Å². The van der Waals surface area contributed by atoms with E-state index in [4.69, 9.17) is 4.42 Å². The minimum atomic E-state index is -4.41. The Balaban J connectivity index is 1.48. The Morgan fingerprint density at radius 1 is 1.07 bits per heavy atom. The maximum atomic E-state index is 13.6. The van der Waals surface area contributed by atoms with Gasteiger partial charge < -0.3 is 9.73 Å². The molecule has 152 valence electrons. The predicted octanol–water partition coefficient (Wildman–Crippen LogP) is 2.60. The summed E-state index contributed by atoms with van der Waals surface area (Å²) in [6.45, 7) is -0.115. The van der Waals surface area contributed by atoms with Gasteiger partial charge in [0, 0.05) is 25.7 Å². The predicted molar refractivity (Wildman–Crippen MR) is 99.9 cm³/mol. The number of amides is 1. The molecule has 0 aliphatic carbocycles. The zero-order valence-corrected chi connectivity index (χ0v) is 15.9. The smallest absolute Gasteiger partial charge is 0.246 e. The Bertz CT molecular complexity index is 1060. The van der Waals surface area contributed by atoms with Crippen LogP contribution in [0.4, 0.5) is 8.78 Å². The lowest BCUT2D eigenvalue weighted by atomic mass is 10.2. The second-order valence-corrected chi connectivity index (χ2v) is 7.71. The molecule has 10 heteroatoms. The third kappa shape index (κ3) is 5.24. The topological polar surface area (TPSA) is 101 Å². The van der Waals surface area contributed by atoms with Crippen molar-refractivity contribution in [2.75, 3.05) is 6.54 Å². The minimum absolute atomic E-state index is 0.193. The van der Waals surface area contributed by atoms with Crippen molar-refractivity contribution in [3.8, 4) is 11.5 Å². The van der Waals surface area contributed by atoms with Crippen molar-refractivity contribution in [1.29, 1.82) is 0 Å². The molecule has 0 bridgehead atoms. The number of benzene rings is 1. The largest absolute Gasteiger partial charge is 0.463 e. The van der Waals surface area contributed by atoms with Crippen molar-refractivity contribution in [2.45, 2.75) is 17.9 Å². The fraction of sp³-hybridized carbons (Fsp3) is 0.158. The van der Waals surface area contributed by atoms with E-state index >= 15 is 0 Å². The van der Waals surface area contributed by atoms with Crippen molar-refractivity contribution < 1.29 is 26.4 Å².